The van der Waals surface area contributed by atoms with Gasteiger partial charge in [0.05, 0.1) is 0 Å². The van der Waals surface area contributed by atoms with E-state index in [0.717, 1.165) is 38.7 Å². The molecule has 3 heteroatoms. The molecule has 0 aliphatic rings. The Labute approximate surface area is 80.7 Å². The maximum atomic E-state index is 9.00. The smallest absolute Gasteiger partial charge is 0.0465 e. The Morgan fingerprint density at radius 3 is 2.38 bits per heavy atom. The Morgan fingerprint density at radius 2 is 1.85 bits per heavy atom. The van der Waals surface area contributed by atoms with Crippen LogP contribution in [0.2, 0.25) is 0 Å². The van der Waals surface area contributed by atoms with Gasteiger partial charge in [0.2, 0.25) is 0 Å². The van der Waals surface area contributed by atoms with Crippen molar-refractivity contribution in [2.45, 2.75) is 32.1 Å². The molecule has 0 radical (unpaired) electrons. The topological polar surface area (TPSA) is 49.7 Å². The molecule has 0 aliphatic carbocycles. The fourth-order valence-electron chi connectivity index (χ4n) is 1.33. The minimum absolute atomic E-state index is 0.252. The molecule has 0 aromatic heterocycles. The number of rotatable bonds is 9. The van der Waals surface area contributed by atoms with Crippen molar-refractivity contribution in [3.63, 3.8) is 0 Å². The molecule has 2 N–H and O–H groups in total. The summed E-state index contributed by atoms with van der Waals surface area (Å²) in [6.45, 7) is 1.26. The molecule has 0 aliphatic heterocycles. The van der Waals surface area contributed by atoms with Crippen molar-refractivity contribution in [2.75, 3.05) is 26.9 Å². The number of ether oxygens (including phenoxy) is 1. The number of unbranched alkanes of at least 4 members (excludes halogenated alkanes) is 2. The van der Waals surface area contributed by atoms with Gasteiger partial charge < -0.3 is 14.9 Å². The Bertz CT molecular complexity index is 96.2. The van der Waals surface area contributed by atoms with Crippen LogP contribution in [0.25, 0.3) is 0 Å². The van der Waals surface area contributed by atoms with Crippen molar-refractivity contribution in [1.82, 2.24) is 0 Å². The van der Waals surface area contributed by atoms with Crippen LogP contribution >= 0.6 is 0 Å². The molecule has 0 saturated carbocycles. The van der Waals surface area contributed by atoms with Gasteiger partial charge in [-0.25, -0.2) is 0 Å². The normalized spacial score (nSPS) is 13.2. The standard InChI is InChI=1S/C10H22O3/c1-13-8-6-10(9-12)5-3-2-4-7-11/h10-12H,2-9H2,1H3/t10-/m0/s1. The van der Waals surface area contributed by atoms with E-state index in [1.807, 2.05) is 0 Å². The van der Waals surface area contributed by atoms with Gasteiger partial charge in [-0.05, 0) is 25.2 Å². The maximum Gasteiger partial charge on any atom is 0.0465 e. The van der Waals surface area contributed by atoms with E-state index in [-0.39, 0.29) is 13.2 Å². The Kier molecular flexibility index (Phi) is 9.87. The first kappa shape index (κ1) is 12.9. The van der Waals surface area contributed by atoms with Crippen LogP contribution in [-0.4, -0.2) is 37.1 Å². The van der Waals surface area contributed by atoms with E-state index in [9.17, 15) is 0 Å². The fraction of sp³-hybridized carbons (Fsp3) is 1.00. The largest absolute Gasteiger partial charge is 0.396 e. The van der Waals surface area contributed by atoms with Crippen LogP contribution in [0.15, 0.2) is 0 Å². The van der Waals surface area contributed by atoms with E-state index in [2.05, 4.69) is 0 Å². The summed E-state index contributed by atoms with van der Waals surface area (Å²) < 4.78 is 4.95. The second-order valence-corrected chi connectivity index (χ2v) is 3.40. The molecule has 0 unspecified atom stereocenters. The quantitative estimate of drug-likeness (QED) is 0.537. The van der Waals surface area contributed by atoms with Gasteiger partial charge in [-0.1, -0.05) is 12.8 Å². The van der Waals surface area contributed by atoms with Crippen LogP contribution in [0, 0.1) is 5.92 Å². The lowest BCUT2D eigenvalue weighted by atomic mass is 9.99. The van der Waals surface area contributed by atoms with Crippen LogP contribution in [0.1, 0.15) is 32.1 Å². The van der Waals surface area contributed by atoms with Gasteiger partial charge in [-0.15, -0.1) is 0 Å². The van der Waals surface area contributed by atoms with Crippen LogP contribution in [0.3, 0.4) is 0 Å². The Morgan fingerprint density at radius 1 is 1.08 bits per heavy atom. The molecule has 0 aromatic carbocycles. The first-order chi connectivity index (χ1) is 6.35. The molecule has 1 atom stereocenters. The van der Waals surface area contributed by atoms with E-state index in [4.69, 9.17) is 14.9 Å². The van der Waals surface area contributed by atoms with E-state index in [1.165, 1.54) is 0 Å². The van der Waals surface area contributed by atoms with Gasteiger partial charge >= 0.3 is 0 Å². The highest BCUT2D eigenvalue weighted by molar-refractivity contribution is 4.57. The van der Waals surface area contributed by atoms with Gasteiger partial charge in [-0.2, -0.15) is 0 Å². The number of methoxy groups -OCH3 is 1. The fourth-order valence-corrected chi connectivity index (χ4v) is 1.33. The van der Waals surface area contributed by atoms with Gasteiger partial charge in [0.15, 0.2) is 0 Å². The average Bonchev–Trinajstić information content (AvgIpc) is 2.17. The molecule has 0 aromatic rings. The van der Waals surface area contributed by atoms with Crippen LogP contribution in [-0.2, 0) is 4.74 Å². The molecule has 0 bridgehead atoms. The van der Waals surface area contributed by atoms with E-state index in [0.29, 0.717) is 5.92 Å². The first-order valence-electron chi connectivity index (χ1n) is 5.05. The molecule has 0 fully saturated rings. The monoisotopic (exact) mass is 190 g/mol. The molecule has 0 spiro atoms. The highest BCUT2D eigenvalue weighted by Gasteiger charge is 2.06. The summed E-state index contributed by atoms with van der Waals surface area (Å²) in [6, 6.07) is 0. The third kappa shape index (κ3) is 8.22. The van der Waals surface area contributed by atoms with E-state index >= 15 is 0 Å². The second-order valence-electron chi connectivity index (χ2n) is 3.40. The highest BCUT2D eigenvalue weighted by atomic mass is 16.5. The van der Waals surface area contributed by atoms with Gasteiger partial charge in [-0.3, -0.25) is 0 Å². The summed E-state index contributed by atoms with van der Waals surface area (Å²) in [7, 11) is 1.68. The van der Waals surface area contributed by atoms with Gasteiger partial charge in [0.1, 0.15) is 0 Å². The minimum atomic E-state index is 0.252. The molecule has 3 nitrogen and oxygen atoms in total. The van der Waals surface area contributed by atoms with Crippen molar-refractivity contribution in [3.8, 4) is 0 Å². The zero-order valence-electron chi connectivity index (χ0n) is 8.54. The summed E-state index contributed by atoms with van der Waals surface area (Å²) in [4.78, 5) is 0. The van der Waals surface area contributed by atoms with Crippen molar-refractivity contribution in [2.24, 2.45) is 5.92 Å². The third-order valence-corrected chi connectivity index (χ3v) is 2.26. The summed E-state index contributed by atoms with van der Waals surface area (Å²) in [5, 5.41) is 17.6. The van der Waals surface area contributed by atoms with E-state index in [1.54, 1.807) is 7.11 Å². The predicted molar refractivity (Wildman–Crippen MR) is 52.6 cm³/mol. The molecular weight excluding hydrogens is 168 g/mol. The van der Waals surface area contributed by atoms with Crippen molar-refractivity contribution in [1.29, 1.82) is 0 Å². The van der Waals surface area contributed by atoms with Gasteiger partial charge in [0.25, 0.3) is 0 Å². The molecule has 13 heavy (non-hydrogen) atoms. The Hall–Kier alpha value is -0.120. The summed E-state index contributed by atoms with van der Waals surface area (Å²) in [5.41, 5.74) is 0. The summed E-state index contributed by atoms with van der Waals surface area (Å²) in [5.74, 6) is 0.374. The first-order valence-corrected chi connectivity index (χ1v) is 5.05. The minimum Gasteiger partial charge on any atom is -0.396 e. The van der Waals surface area contributed by atoms with Crippen molar-refractivity contribution < 1.29 is 14.9 Å². The highest BCUT2D eigenvalue weighted by Crippen LogP contribution is 2.12. The lowest BCUT2D eigenvalue weighted by Gasteiger charge is -2.12. The average molecular weight is 190 g/mol. The summed E-state index contributed by atoms with van der Waals surface area (Å²) in [6.07, 6.45) is 5.00. The SMILES string of the molecule is COCC[C@@H](CO)CCCCCO. The molecular formula is C10H22O3. The Balaban J connectivity index is 3.25. The second kappa shape index (κ2) is 9.96. The third-order valence-electron chi connectivity index (χ3n) is 2.26. The molecule has 0 amide bonds. The van der Waals surface area contributed by atoms with Crippen LogP contribution in [0.5, 0.6) is 0 Å². The van der Waals surface area contributed by atoms with Crippen molar-refractivity contribution >= 4 is 0 Å². The molecule has 80 valence electrons. The van der Waals surface area contributed by atoms with Gasteiger partial charge in [0, 0.05) is 26.9 Å². The zero-order valence-corrected chi connectivity index (χ0v) is 8.54. The molecule has 0 heterocycles. The van der Waals surface area contributed by atoms with E-state index < -0.39 is 0 Å². The number of aliphatic hydroxyl groups is 2. The maximum absolute atomic E-state index is 9.00. The molecule has 0 saturated heterocycles. The number of hydrogen-bond donors (Lipinski definition) is 2. The number of hydrogen-bond acceptors (Lipinski definition) is 3. The predicted octanol–water partition coefficient (Wildman–Crippen LogP) is 1.18. The summed E-state index contributed by atoms with van der Waals surface area (Å²) >= 11 is 0. The number of aliphatic hydroxyl groups excluding tert-OH is 2. The van der Waals surface area contributed by atoms with Crippen LogP contribution in [0.4, 0.5) is 0 Å². The van der Waals surface area contributed by atoms with Crippen molar-refractivity contribution in [3.05, 3.63) is 0 Å². The molecule has 0 rings (SSSR count). The zero-order chi connectivity index (χ0) is 9.94. The lowest BCUT2D eigenvalue weighted by molar-refractivity contribution is 0.142. The lowest BCUT2D eigenvalue weighted by Crippen LogP contribution is -2.09. The van der Waals surface area contributed by atoms with Crippen LogP contribution < -0.4 is 0 Å².